The quantitative estimate of drug-likeness (QED) is 0.652. The average molecular weight is 334 g/mol. The van der Waals surface area contributed by atoms with Gasteiger partial charge in [0.05, 0.1) is 0 Å². The van der Waals surface area contributed by atoms with E-state index < -0.39 is 17.9 Å². The number of carbonyl (C=O) groups excluding carboxylic acids is 2. The Balaban J connectivity index is 1.77. The number of halogens is 1. The molecule has 1 aromatic heterocycles. The molecule has 7 heteroatoms. The normalized spacial score (nSPS) is 11.9. The number of thiophene rings is 1. The zero-order valence-corrected chi connectivity index (χ0v) is 13.1. The molecule has 2 N–H and O–H groups in total. The number of rotatable bonds is 5. The van der Waals surface area contributed by atoms with Crippen molar-refractivity contribution in [3.63, 3.8) is 0 Å². The minimum atomic E-state index is -0.845. The summed E-state index contributed by atoms with van der Waals surface area (Å²) >= 11 is 1.50. The van der Waals surface area contributed by atoms with Crippen molar-refractivity contribution in [2.45, 2.75) is 13.0 Å². The van der Waals surface area contributed by atoms with Crippen LogP contribution in [0.1, 0.15) is 11.8 Å². The standard InChI is InChI=1S/C16H15FN2O3S/c1-11(22-13-6-4-12(17)5-7-13)16(21)19-18-15(20)9-8-14-3-2-10-23-14/h2-11H,1H3,(H,18,20)(H,19,21)/b9-8+/t11-/m1/s1. The molecule has 0 aliphatic heterocycles. The van der Waals surface area contributed by atoms with E-state index in [1.807, 2.05) is 17.5 Å². The first-order valence-electron chi connectivity index (χ1n) is 6.78. The second-order valence-corrected chi connectivity index (χ2v) is 5.52. The molecular weight excluding hydrogens is 319 g/mol. The number of amides is 2. The maximum atomic E-state index is 12.8. The van der Waals surface area contributed by atoms with Crippen molar-refractivity contribution in [3.05, 3.63) is 58.5 Å². The summed E-state index contributed by atoms with van der Waals surface area (Å²) in [4.78, 5) is 24.3. The lowest BCUT2D eigenvalue weighted by Crippen LogP contribution is -2.46. The summed E-state index contributed by atoms with van der Waals surface area (Å²) in [6.07, 6.45) is 2.12. The van der Waals surface area contributed by atoms with Crippen LogP contribution in [0.5, 0.6) is 5.75 Å². The number of nitrogens with one attached hydrogen (secondary N) is 2. The molecule has 1 aromatic carbocycles. The monoisotopic (exact) mass is 334 g/mol. The Morgan fingerprint density at radius 1 is 1.22 bits per heavy atom. The summed E-state index contributed by atoms with van der Waals surface area (Å²) < 4.78 is 18.1. The highest BCUT2D eigenvalue weighted by Crippen LogP contribution is 2.13. The van der Waals surface area contributed by atoms with Crippen molar-refractivity contribution < 1.29 is 18.7 Å². The van der Waals surface area contributed by atoms with Crippen molar-refractivity contribution in [1.82, 2.24) is 10.9 Å². The minimum absolute atomic E-state index is 0.359. The Hall–Kier alpha value is -2.67. The largest absolute Gasteiger partial charge is 0.481 e. The molecule has 2 aromatic rings. The molecule has 0 saturated heterocycles. The van der Waals surface area contributed by atoms with E-state index in [2.05, 4.69) is 10.9 Å². The fourth-order valence-electron chi connectivity index (χ4n) is 1.58. The SMILES string of the molecule is C[C@@H](Oc1ccc(F)cc1)C(=O)NNC(=O)/C=C/c1cccs1. The van der Waals surface area contributed by atoms with Gasteiger partial charge in [-0.2, -0.15) is 0 Å². The fraction of sp³-hybridized carbons (Fsp3) is 0.125. The van der Waals surface area contributed by atoms with Crippen LogP contribution in [0.4, 0.5) is 4.39 Å². The number of carbonyl (C=O) groups is 2. The van der Waals surface area contributed by atoms with E-state index in [-0.39, 0.29) is 5.82 Å². The van der Waals surface area contributed by atoms with Crippen molar-refractivity contribution in [3.8, 4) is 5.75 Å². The Morgan fingerprint density at radius 3 is 2.61 bits per heavy atom. The van der Waals surface area contributed by atoms with E-state index in [1.54, 1.807) is 6.08 Å². The van der Waals surface area contributed by atoms with E-state index in [0.29, 0.717) is 5.75 Å². The topological polar surface area (TPSA) is 67.4 Å². The highest BCUT2D eigenvalue weighted by Gasteiger charge is 2.14. The van der Waals surface area contributed by atoms with Gasteiger partial charge in [-0.25, -0.2) is 4.39 Å². The molecule has 0 aliphatic carbocycles. The lowest BCUT2D eigenvalue weighted by Gasteiger charge is -2.14. The number of hydrazine groups is 1. The van der Waals surface area contributed by atoms with Crippen molar-refractivity contribution in [2.75, 3.05) is 0 Å². The third-order valence-corrected chi connectivity index (χ3v) is 3.58. The number of hydrogen-bond donors (Lipinski definition) is 2. The van der Waals surface area contributed by atoms with Gasteiger partial charge in [0, 0.05) is 11.0 Å². The van der Waals surface area contributed by atoms with Crippen LogP contribution in [0.2, 0.25) is 0 Å². The lowest BCUT2D eigenvalue weighted by molar-refractivity contribution is -0.131. The molecule has 2 amide bonds. The number of ether oxygens (including phenoxy) is 1. The Labute approximate surface area is 136 Å². The van der Waals surface area contributed by atoms with Gasteiger partial charge < -0.3 is 4.74 Å². The third-order valence-electron chi connectivity index (χ3n) is 2.75. The molecule has 1 atom stereocenters. The van der Waals surface area contributed by atoms with Crippen molar-refractivity contribution in [1.29, 1.82) is 0 Å². The summed E-state index contributed by atoms with van der Waals surface area (Å²) in [7, 11) is 0. The molecule has 0 fully saturated rings. The van der Waals surface area contributed by atoms with Crippen molar-refractivity contribution >= 4 is 29.2 Å². The summed E-state index contributed by atoms with van der Waals surface area (Å²) in [5.74, 6) is -1.01. The Morgan fingerprint density at radius 2 is 1.96 bits per heavy atom. The molecule has 0 radical (unpaired) electrons. The van der Waals surface area contributed by atoms with Crippen LogP contribution in [0.15, 0.2) is 47.9 Å². The fourth-order valence-corrected chi connectivity index (χ4v) is 2.20. The Bertz CT molecular complexity index is 684. The molecule has 0 unspecified atom stereocenters. The molecule has 0 spiro atoms. The van der Waals surface area contributed by atoms with Crippen LogP contribution in [0, 0.1) is 5.82 Å². The van der Waals surface area contributed by atoms with E-state index in [9.17, 15) is 14.0 Å². The van der Waals surface area contributed by atoms with Crippen LogP contribution < -0.4 is 15.6 Å². The van der Waals surface area contributed by atoms with E-state index >= 15 is 0 Å². The molecule has 0 saturated carbocycles. The predicted molar refractivity (Wildman–Crippen MR) is 86.1 cm³/mol. The van der Waals surface area contributed by atoms with Gasteiger partial charge in [-0.3, -0.25) is 20.4 Å². The second kappa shape index (κ2) is 8.09. The maximum Gasteiger partial charge on any atom is 0.279 e. The molecule has 120 valence electrons. The van der Waals surface area contributed by atoms with Crippen LogP contribution in [0.3, 0.4) is 0 Å². The molecule has 0 aliphatic rings. The van der Waals surface area contributed by atoms with Gasteiger partial charge in [-0.1, -0.05) is 6.07 Å². The zero-order valence-electron chi connectivity index (χ0n) is 12.3. The first-order valence-corrected chi connectivity index (χ1v) is 7.66. The van der Waals surface area contributed by atoms with E-state index in [4.69, 9.17) is 4.74 Å². The van der Waals surface area contributed by atoms with Crippen LogP contribution >= 0.6 is 11.3 Å². The zero-order chi connectivity index (χ0) is 16.7. The maximum absolute atomic E-state index is 12.8. The first-order chi connectivity index (χ1) is 11.0. The van der Waals surface area contributed by atoms with Crippen molar-refractivity contribution in [2.24, 2.45) is 0 Å². The van der Waals surface area contributed by atoms with Gasteiger partial charge in [0.15, 0.2) is 6.10 Å². The molecule has 1 heterocycles. The van der Waals surface area contributed by atoms with Gasteiger partial charge in [0.2, 0.25) is 0 Å². The number of hydrogen-bond acceptors (Lipinski definition) is 4. The number of benzene rings is 1. The van der Waals surface area contributed by atoms with E-state index in [0.717, 1.165) is 4.88 Å². The van der Waals surface area contributed by atoms with Gasteiger partial charge >= 0.3 is 0 Å². The van der Waals surface area contributed by atoms with Gasteiger partial charge in [-0.05, 0) is 48.7 Å². The highest BCUT2D eigenvalue weighted by atomic mass is 32.1. The van der Waals surface area contributed by atoms with E-state index in [1.165, 1.54) is 48.6 Å². The summed E-state index contributed by atoms with van der Waals surface area (Å²) in [5, 5.41) is 1.90. The lowest BCUT2D eigenvalue weighted by atomic mass is 10.3. The summed E-state index contributed by atoms with van der Waals surface area (Å²) in [6.45, 7) is 1.52. The third kappa shape index (κ3) is 5.55. The first kappa shape index (κ1) is 16.7. The smallest absolute Gasteiger partial charge is 0.279 e. The van der Waals surface area contributed by atoms with Gasteiger partial charge in [0.25, 0.3) is 11.8 Å². The van der Waals surface area contributed by atoms with Crippen LogP contribution in [-0.2, 0) is 9.59 Å². The summed E-state index contributed by atoms with van der Waals surface area (Å²) in [6, 6.07) is 9.04. The van der Waals surface area contributed by atoms with Gasteiger partial charge in [-0.15, -0.1) is 11.3 Å². The Kier molecular flexibility index (Phi) is 5.87. The minimum Gasteiger partial charge on any atom is -0.481 e. The average Bonchev–Trinajstić information content (AvgIpc) is 3.06. The summed E-state index contributed by atoms with van der Waals surface area (Å²) in [5.41, 5.74) is 4.52. The molecular formula is C16H15FN2O3S. The predicted octanol–water partition coefficient (Wildman–Crippen LogP) is 2.52. The second-order valence-electron chi connectivity index (χ2n) is 4.54. The molecule has 5 nitrogen and oxygen atoms in total. The van der Waals surface area contributed by atoms with Crippen LogP contribution in [-0.4, -0.2) is 17.9 Å². The van der Waals surface area contributed by atoms with Gasteiger partial charge in [0.1, 0.15) is 11.6 Å². The molecule has 23 heavy (non-hydrogen) atoms. The molecule has 2 rings (SSSR count). The highest BCUT2D eigenvalue weighted by molar-refractivity contribution is 7.10. The van der Waals surface area contributed by atoms with Crippen LogP contribution in [0.25, 0.3) is 6.08 Å². The molecule has 0 bridgehead atoms.